The molecule has 0 spiro atoms. The van der Waals surface area contributed by atoms with Gasteiger partial charge in [0, 0.05) is 19.1 Å². The second kappa shape index (κ2) is 7.07. The van der Waals surface area contributed by atoms with E-state index in [9.17, 15) is 5.11 Å². The Bertz CT molecular complexity index is 456. The molecule has 1 atom stereocenters. The fourth-order valence-corrected chi connectivity index (χ4v) is 4.56. The van der Waals surface area contributed by atoms with E-state index in [4.69, 9.17) is 4.98 Å². The largest absolute Gasteiger partial charge is 0.391 e. The molecule has 2 aliphatic heterocycles. The van der Waals surface area contributed by atoms with E-state index in [0.717, 1.165) is 41.6 Å². The molecule has 1 unspecified atom stereocenters. The Morgan fingerprint density at radius 2 is 2.05 bits per heavy atom. The lowest BCUT2D eigenvalue weighted by molar-refractivity contribution is 0.175. The lowest BCUT2D eigenvalue weighted by Gasteiger charge is -2.32. The van der Waals surface area contributed by atoms with Gasteiger partial charge in [-0.15, -0.1) is 0 Å². The van der Waals surface area contributed by atoms with Gasteiger partial charge in [0.25, 0.3) is 0 Å². The molecule has 0 bridgehead atoms. The minimum absolute atomic E-state index is 0.135. The Kier molecular flexibility index (Phi) is 5.14. The molecule has 2 aliphatic rings. The van der Waals surface area contributed by atoms with Crippen molar-refractivity contribution in [2.75, 3.05) is 31.1 Å². The van der Waals surface area contributed by atoms with Crippen LogP contribution in [0.1, 0.15) is 49.6 Å². The maximum Gasteiger partial charge on any atom is 0.185 e. The van der Waals surface area contributed by atoms with Crippen LogP contribution in [-0.4, -0.2) is 47.2 Å². The predicted molar refractivity (Wildman–Crippen MR) is 88.1 cm³/mol. The van der Waals surface area contributed by atoms with Crippen LogP contribution in [0.2, 0.25) is 0 Å². The van der Waals surface area contributed by atoms with Gasteiger partial charge in [0.2, 0.25) is 0 Å². The van der Waals surface area contributed by atoms with E-state index in [1.54, 1.807) is 11.3 Å². The van der Waals surface area contributed by atoms with Crippen LogP contribution in [0.4, 0.5) is 5.13 Å². The van der Waals surface area contributed by atoms with Crippen LogP contribution in [0.15, 0.2) is 0 Å². The second-order valence-electron chi connectivity index (χ2n) is 6.26. The molecule has 2 fully saturated rings. The number of thiazole rings is 1. The van der Waals surface area contributed by atoms with Gasteiger partial charge >= 0.3 is 0 Å². The molecule has 0 aromatic carbocycles. The van der Waals surface area contributed by atoms with Gasteiger partial charge in [-0.25, -0.2) is 4.98 Å². The number of hydrogen-bond acceptors (Lipinski definition) is 5. The summed E-state index contributed by atoms with van der Waals surface area (Å²) in [5, 5.41) is 10.6. The van der Waals surface area contributed by atoms with Crippen molar-refractivity contribution >= 4 is 16.5 Å². The molecule has 3 heterocycles. The number of anilines is 1. The maximum atomic E-state index is 9.50. The zero-order valence-corrected chi connectivity index (χ0v) is 13.9. The van der Waals surface area contributed by atoms with E-state index in [1.165, 1.54) is 38.8 Å². The molecule has 3 rings (SSSR count). The van der Waals surface area contributed by atoms with Crippen LogP contribution < -0.4 is 4.90 Å². The number of likely N-dealkylation sites (tertiary alicyclic amines) is 1. The number of hydrogen-bond donors (Lipinski definition) is 1. The van der Waals surface area contributed by atoms with Crippen molar-refractivity contribution in [2.45, 2.75) is 58.1 Å². The number of aryl methyl sites for hydroxylation is 1. The highest BCUT2D eigenvalue weighted by Crippen LogP contribution is 2.31. The Balaban J connectivity index is 1.65. The van der Waals surface area contributed by atoms with E-state index >= 15 is 0 Å². The smallest absolute Gasteiger partial charge is 0.185 e. The first kappa shape index (κ1) is 15.3. The summed E-state index contributed by atoms with van der Waals surface area (Å²) in [6.45, 7) is 7.09. The van der Waals surface area contributed by atoms with Crippen LogP contribution in [-0.2, 0) is 13.0 Å². The van der Waals surface area contributed by atoms with Crippen molar-refractivity contribution in [3.8, 4) is 0 Å². The fourth-order valence-electron chi connectivity index (χ4n) is 3.56. The Labute approximate surface area is 131 Å². The Morgan fingerprint density at radius 3 is 2.76 bits per heavy atom. The fraction of sp³-hybridized carbons (Fsp3) is 0.812. The van der Waals surface area contributed by atoms with Gasteiger partial charge in [-0.3, -0.25) is 4.90 Å². The molecule has 0 aliphatic carbocycles. The minimum atomic E-state index is 0.135. The maximum absolute atomic E-state index is 9.50. The first-order valence-electron chi connectivity index (χ1n) is 8.40. The van der Waals surface area contributed by atoms with Gasteiger partial charge in [-0.2, -0.15) is 0 Å². The molecular weight excluding hydrogens is 282 g/mol. The second-order valence-corrected chi connectivity index (χ2v) is 7.32. The summed E-state index contributed by atoms with van der Waals surface area (Å²) in [5.41, 5.74) is 1.11. The summed E-state index contributed by atoms with van der Waals surface area (Å²) in [6.07, 6.45) is 7.46. The lowest BCUT2D eigenvalue weighted by atomic mass is 10.1. The van der Waals surface area contributed by atoms with E-state index in [0.29, 0.717) is 6.04 Å². The molecule has 118 valence electrons. The highest BCUT2D eigenvalue weighted by molar-refractivity contribution is 7.15. The third-order valence-electron chi connectivity index (χ3n) is 4.74. The summed E-state index contributed by atoms with van der Waals surface area (Å²) in [4.78, 5) is 11.0. The number of aliphatic hydroxyl groups is 1. The van der Waals surface area contributed by atoms with E-state index in [1.807, 2.05) is 0 Å². The molecule has 0 amide bonds. The van der Waals surface area contributed by atoms with Gasteiger partial charge in [0.05, 0.1) is 17.2 Å². The highest BCUT2D eigenvalue weighted by atomic mass is 32.1. The number of nitrogens with zero attached hydrogens (tertiary/aromatic N) is 3. The molecule has 1 aromatic rings. The SMILES string of the molecule is CCCc1nc(N2CCC(N3CCCCC3)C2)sc1CO. The topological polar surface area (TPSA) is 39.6 Å². The van der Waals surface area contributed by atoms with Gasteiger partial charge in [-0.05, 0) is 38.8 Å². The summed E-state index contributed by atoms with van der Waals surface area (Å²) in [6, 6.07) is 0.710. The molecule has 21 heavy (non-hydrogen) atoms. The van der Waals surface area contributed by atoms with Crippen molar-refractivity contribution < 1.29 is 5.11 Å². The zero-order valence-electron chi connectivity index (χ0n) is 13.1. The zero-order chi connectivity index (χ0) is 14.7. The average Bonchev–Trinajstić information content (AvgIpc) is 3.15. The molecule has 2 saturated heterocycles. The van der Waals surface area contributed by atoms with Gasteiger partial charge in [0.15, 0.2) is 5.13 Å². The van der Waals surface area contributed by atoms with Crippen LogP contribution in [0, 0.1) is 0 Å². The summed E-state index contributed by atoms with van der Waals surface area (Å²) in [5.74, 6) is 0. The molecule has 0 saturated carbocycles. The third-order valence-corrected chi connectivity index (χ3v) is 5.88. The van der Waals surface area contributed by atoms with Crippen molar-refractivity contribution in [1.82, 2.24) is 9.88 Å². The number of aliphatic hydroxyl groups excluding tert-OH is 1. The Morgan fingerprint density at radius 1 is 1.24 bits per heavy atom. The quantitative estimate of drug-likeness (QED) is 0.908. The number of aromatic nitrogens is 1. The first-order valence-corrected chi connectivity index (χ1v) is 9.22. The molecule has 1 aromatic heterocycles. The molecule has 5 heteroatoms. The average molecular weight is 309 g/mol. The van der Waals surface area contributed by atoms with Gasteiger partial charge < -0.3 is 10.0 Å². The van der Waals surface area contributed by atoms with Gasteiger partial charge in [0.1, 0.15) is 0 Å². The molecule has 1 N–H and O–H groups in total. The van der Waals surface area contributed by atoms with Crippen LogP contribution >= 0.6 is 11.3 Å². The van der Waals surface area contributed by atoms with E-state index in [2.05, 4.69) is 16.7 Å². The van der Waals surface area contributed by atoms with Crippen molar-refractivity contribution in [1.29, 1.82) is 0 Å². The van der Waals surface area contributed by atoms with Crippen LogP contribution in [0.3, 0.4) is 0 Å². The lowest BCUT2D eigenvalue weighted by Crippen LogP contribution is -2.40. The van der Waals surface area contributed by atoms with Crippen molar-refractivity contribution in [2.24, 2.45) is 0 Å². The van der Waals surface area contributed by atoms with Crippen LogP contribution in [0.5, 0.6) is 0 Å². The van der Waals surface area contributed by atoms with Crippen molar-refractivity contribution in [3.63, 3.8) is 0 Å². The minimum Gasteiger partial charge on any atom is -0.391 e. The molecule has 4 nitrogen and oxygen atoms in total. The molecule has 0 radical (unpaired) electrons. The van der Waals surface area contributed by atoms with Gasteiger partial charge in [-0.1, -0.05) is 31.1 Å². The van der Waals surface area contributed by atoms with E-state index < -0.39 is 0 Å². The highest BCUT2D eigenvalue weighted by Gasteiger charge is 2.30. The number of piperidine rings is 1. The van der Waals surface area contributed by atoms with Crippen molar-refractivity contribution in [3.05, 3.63) is 10.6 Å². The predicted octanol–water partition coefficient (Wildman–Crippen LogP) is 2.65. The van der Waals surface area contributed by atoms with Crippen LogP contribution in [0.25, 0.3) is 0 Å². The van der Waals surface area contributed by atoms with E-state index in [-0.39, 0.29) is 6.61 Å². The third kappa shape index (κ3) is 3.41. The Hall–Kier alpha value is -0.650. The summed E-state index contributed by atoms with van der Waals surface area (Å²) >= 11 is 1.69. The standard InChI is InChI=1S/C16H27N3OS/c1-2-6-14-15(12-20)21-16(17-14)19-10-7-13(11-19)18-8-4-3-5-9-18/h13,20H,2-12H2,1H3. The molecular formula is C16H27N3OS. The monoisotopic (exact) mass is 309 g/mol. The first-order chi connectivity index (χ1) is 10.3. The number of rotatable bonds is 5. The normalized spacial score (nSPS) is 23.9. The summed E-state index contributed by atoms with van der Waals surface area (Å²) in [7, 11) is 0. The summed E-state index contributed by atoms with van der Waals surface area (Å²) < 4.78 is 0.